The Balaban J connectivity index is 1.49. The maximum atomic E-state index is 13.3. The molecule has 4 aromatic rings. The van der Waals surface area contributed by atoms with Crippen molar-refractivity contribution in [1.29, 1.82) is 0 Å². The number of hydrogen-bond donors (Lipinski definition) is 2. The highest BCUT2D eigenvalue weighted by atomic mass is 35.5. The van der Waals surface area contributed by atoms with E-state index in [9.17, 15) is 18.5 Å². The van der Waals surface area contributed by atoms with Crippen LogP contribution in [-0.4, -0.2) is 42.4 Å². The van der Waals surface area contributed by atoms with Gasteiger partial charge in [0, 0.05) is 35.9 Å². The third-order valence-corrected chi connectivity index (χ3v) is 8.10. The van der Waals surface area contributed by atoms with Crippen LogP contribution in [-0.2, 0) is 10.0 Å². The van der Waals surface area contributed by atoms with E-state index in [2.05, 4.69) is 20.1 Å². The monoisotopic (exact) mass is 579 g/mol. The van der Waals surface area contributed by atoms with E-state index in [1.165, 1.54) is 36.4 Å². The number of aryl methyl sites for hydroxylation is 1. The minimum atomic E-state index is -4.23. The Kier molecular flexibility index (Phi) is 7.71. The molecular weight excluding hydrogens is 554 g/mol. The Morgan fingerprint density at radius 1 is 1.05 bits per heavy atom. The number of nitro benzene ring substituents is 1. The van der Waals surface area contributed by atoms with Gasteiger partial charge in [0.1, 0.15) is 10.7 Å². The predicted octanol–water partition coefficient (Wildman–Crippen LogP) is 5.59. The lowest BCUT2D eigenvalue weighted by atomic mass is 10.2. The molecule has 0 atom stereocenters. The van der Waals surface area contributed by atoms with Crippen molar-refractivity contribution < 1.29 is 13.3 Å². The summed E-state index contributed by atoms with van der Waals surface area (Å²) in [7, 11) is -4.23. The largest absolute Gasteiger partial charge is 0.356 e. The van der Waals surface area contributed by atoms with Crippen LogP contribution in [0.5, 0.6) is 0 Å². The van der Waals surface area contributed by atoms with Crippen molar-refractivity contribution in [2.45, 2.75) is 24.7 Å². The molecule has 40 heavy (non-hydrogen) atoms. The standard InChI is InChI=1S/C27H26ClN7O4S/c1-19-24(27(33-15-5-6-16-33)34(31-19)22-7-3-2-4-8-22)18-29-30-25-14-13-23(35(36)37)17-26(25)40(38,39)32-21-11-9-20(28)10-12-21/h2-4,7-14,17-18,30,32H,5-6,15-16H2,1H3. The van der Waals surface area contributed by atoms with Crippen molar-refractivity contribution >= 4 is 50.7 Å². The summed E-state index contributed by atoms with van der Waals surface area (Å²) in [5, 5.41) is 21.0. The summed E-state index contributed by atoms with van der Waals surface area (Å²) in [5.74, 6) is 0.896. The van der Waals surface area contributed by atoms with E-state index in [0.717, 1.165) is 54.8 Å². The van der Waals surface area contributed by atoms with E-state index in [1.807, 2.05) is 41.9 Å². The third-order valence-electron chi connectivity index (χ3n) is 6.43. The highest BCUT2D eigenvalue weighted by molar-refractivity contribution is 7.92. The fraction of sp³-hybridized carbons (Fsp3) is 0.185. The van der Waals surface area contributed by atoms with E-state index in [0.29, 0.717) is 5.02 Å². The number of nitrogens with zero attached hydrogens (tertiary/aromatic N) is 5. The Labute approximate surface area is 236 Å². The molecule has 0 aliphatic carbocycles. The summed E-state index contributed by atoms with van der Waals surface area (Å²) >= 11 is 5.90. The molecule has 0 saturated carbocycles. The quantitative estimate of drug-likeness (QED) is 0.150. The number of halogens is 1. The molecule has 1 aliphatic heterocycles. The lowest BCUT2D eigenvalue weighted by molar-refractivity contribution is -0.385. The van der Waals surface area contributed by atoms with Crippen molar-refractivity contribution in [3.63, 3.8) is 0 Å². The number of non-ortho nitro benzene ring substituents is 1. The minimum Gasteiger partial charge on any atom is -0.356 e. The fourth-order valence-corrected chi connectivity index (χ4v) is 5.86. The number of hydrogen-bond acceptors (Lipinski definition) is 8. The third kappa shape index (κ3) is 5.77. The normalized spacial score (nSPS) is 13.6. The molecule has 1 saturated heterocycles. The second kappa shape index (κ2) is 11.4. The maximum absolute atomic E-state index is 13.3. The first kappa shape index (κ1) is 27.2. The van der Waals surface area contributed by atoms with E-state index >= 15 is 0 Å². The molecule has 0 spiro atoms. The molecule has 2 heterocycles. The van der Waals surface area contributed by atoms with Gasteiger partial charge in [-0.3, -0.25) is 20.3 Å². The van der Waals surface area contributed by atoms with Crippen molar-refractivity contribution in [2.75, 3.05) is 28.1 Å². The number of anilines is 3. The van der Waals surface area contributed by atoms with Crippen molar-refractivity contribution in [3.8, 4) is 5.69 Å². The van der Waals surface area contributed by atoms with Gasteiger partial charge in [-0.2, -0.15) is 10.2 Å². The van der Waals surface area contributed by atoms with E-state index in [1.54, 1.807) is 6.21 Å². The Morgan fingerprint density at radius 2 is 1.75 bits per heavy atom. The van der Waals surface area contributed by atoms with Gasteiger partial charge >= 0.3 is 0 Å². The van der Waals surface area contributed by atoms with Crippen LogP contribution in [0, 0.1) is 17.0 Å². The Morgan fingerprint density at radius 3 is 2.42 bits per heavy atom. The molecule has 11 nitrogen and oxygen atoms in total. The molecule has 0 amide bonds. The van der Waals surface area contributed by atoms with Crippen LogP contribution < -0.4 is 15.0 Å². The number of sulfonamides is 1. The van der Waals surface area contributed by atoms with Gasteiger partial charge in [-0.05, 0) is 62.2 Å². The van der Waals surface area contributed by atoms with Crippen LogP contribution in [0.25, 0.3) is 5.69 Å². The zero-order valence-corrected chi connectivity index (χ0v) is 23.1. The molecule has 1 aliphatic rings. The first-order chi connectivity index (χ1) is 19.2. The average molecular weight is 580 g/mol. The van der Waals surface area contributed by atoms with E-state index in [-0.39, 0.29) is 22.0 Å². The van der Waals surface area contributed by atoms with Crippen LogP contribution in [0.4, 0.5) is 22.9 Å². The highest BCUT2D eigenvalue weighted by Gasteiger charge is 2.25. The minimum absolute atomic E-state index is 0.0686. The number of benzene rings is 3. The van der Waals surface area contributed by atoms with Gasteiger partial charge in [0.05, 0.1) is 33.8 Å². The summed E-state index contributed by atoms with van der Waals surface area (Å²) in [6.07, 6.45) is 3.73. The molecule has 1 fully saturated rings. The summed E-state index contributed by atoms with van der Waals surface area (Å²) in [6, 6.07) is 19.4. The average Bonchev–Trinajstić information content (AvgIpc) is 3.58. The molecule has 13 heteroatoms. The van der Waals surface area contributed by atoms with Gasteiger partial charge in [0.2, 0.25) is 0 Å². The van der Waals surface area contributed by atoms with Crippen LogP contribution in [0.3, 0.4) is 0 Å². The topological polar surface area (TPSA) is 135 Å². The SMILES string of the molecule is Cc1nn(-c2ccccc2)c(N2CCCC2)c1C=NNc1ccc([N+](=O)[O-])cc1S(=O)(=O)Nc1ccc(Cl)cc1. The molecular formula is C27H26ClN7O4S. The van der Waals surface area contributed by atoms with Gasteiger partial charge in [0.25, 0.3) is 15.7 Å². The van der Waals surface area contributed by atoms with Crippen LogP contribution in [0.1, 0.15) is 24.1 Å². The Bertz CT molecular complexity index is 1670. The van der Waals surface area contributed by atoms with Gasteiger partial charge < -0.3 is 4.90 Å². The number of nitrogens with one attached hydrogen (secondary N) is 2. The molecule has 0 bridgehead atoms. The summed E-state index contributed by atoms with van der Waals surface area (Å²) in [5.41, 5.74) is 5.17. The van der Waals surface area contributed by atoms with Gasteiger partial charge in [-0.25, -0.2) is 13.1 Å². The first-order valence-corrected chi connectivity index (χ1v) is 14.3. The molecule has 1 aromatic heterocycles. The van der Waals surface area contributed by atoms with Crippen molar-refractivity contribution in [1.82, 2.24) is 9.78 Å². The second-order valence-electron chi connectivity index (χ2n) is 9.18. The number of aromatic nitrogens is 2. The van der Waals surface area contributed by atoms with Crippen LogP contribution in [0.2, 0.25) is 5.02 Å². The van der Waals surface area contributed by atoms with Crippen molar-refractivity contribution in [2.24, 2.45) is 5.10 Å². The van der Waals surface area contributed by atoms with Crippen LogP contribution >= 0.6 is 11.6 Å². The smallest absolute Gasteiger partial charge is 0.270 e. The van der Waals surface area contributed by atoms with Gasteiger partial charge in [-0.1, -0.05) is 29.8 Å². The van der Waals surface area contributed by atoms with Crippen LogP contribution in [0.15, 0.2) is 82.8 Å². The zero-order valence-electron chi connectivity index (χ0n) is 21.5. The molecule has 206 valence electrons. The van der Waals surface area contributed by atoms with E-state index < -0.39 is 14.9 Å². The molecule has 5 rings (SSSR count). The number of nitro groups is 1. The lowest BCUT2D eigenvalue weighted by Gasteiger charge is -2.20. The fourth-order valence-electron chi connectivity index (χ4n) is 4.49. The van der Waals surface area contributed by atoms with Gasteiger partial charge in [-0.15, -0.1) is 0 Å². The van der Waals surface area contributed by atoms with Gasteiger partial charge in [0.15, 0.2) is 0 Å². The molecule has 0 radical (unpaired) electrons. The lowest BCUT2D eigenvalue weighted by Crippen LogP contribution is -2.22. The number of rotatable bonds is 9. The summed E-state index contributed by atoms with van der Waals surface area (Å²) < 4.78 is 30.9. The van der Waals surface area contributed by atoms with Crippen molar-refractivity contribution in [3.05, 3.63) is 99.2 Å². The summed E-state index contributed by atoms with van der Waals surface area (Å²) in [6.45, 7) is 3.65. The predicted molar refractivity (Wildman–Crippen MR) is 156 cm³/mol. The zero-order chi connectivity index (χ0) is 28.3. The second-order valence-corrected chi connectivity index (χ2v) is 11.3. The molecule has 2 N–H and O–H groups in total. The summed E-state index contributed by atoms with van der Waals surface area (Å²) in [4.78, 5) is 12.7. The molecule has 0 unspecified atom stereocenters. The number of para-hydroxylation sites is 1. The molecule has 3 aromatic carbocycles. The first-order valence-electron chi connectivity index (χ1n) is 12.5. The maximum Gasteiger partial charge on any atom is 0.270 e. The van der Waals surface area contributed by atoms with E-state index in [4.69, 9.17) is 16.7 Å². The Hall–Kier alpha value is -4.42. The number of hydrazone groups is 1. The highest BCUT2D eigenvalue weighted by Crippen LogP contribution is 2.31.